The number of methoxy groups -OCH3 is 1. The van der Waals surface area contributed by atoms with Crippen LogP contribution in [0.4, 0.5) is 0 Å². The molecule has 130 valence electrons. The number of unbranched alkanes of at least 4 members (excludes halogenated alkanes) is 8. The highest BCUT2D eigenvalue weighted by Crippen LogP contribution is 2.10. The van der Waals surface area contributed by atoms with Gasteiger partial charge in [0.1, 0.15) is 0 Å². The first-order valence-corrected chi connectivity index (χ1v) is 9.10. The summed E-state index contributed by atoms with van der Waals surface area (Å²) in [6.45, 7) is 2.21. The van der Waals surface area contributed by atoms with Gasteiger partial charge in [-0.15, -0.1) is 0 Å². The Morgan fingerprint density at radius 3 is 2.41 bits per heavy atom. The van der Waals surface area contributed by atoms with E-state index >= 15 is 0 Å². The van der Waals surface area contributed by atoms with Gasteiger partial charge in [0.05, 0.1) is 13.2 Å². The lowest BCUT2D eigenvalue weighted by Gasteiger charge is -2.07. The summed E-state index contributed by atoms with van der Waals surface area (Å²) in [4.78, 5) is 10.9. The highest BCUT2D eigenvalue weighted by Gasteiger charge is 2.01. The maximum absolute atomic E-state index is 10.9. The van der Waals surface area contributed by atoms with Crippen LogP contribution in [-0.2, 0) is 9.53 Å². The van der Waals surface area contributed by atoms with Crippen LogP contribution in [0.5, 0.6) is 0 Å². The van der Waals surface area contributed by atoms with Crippen molar-refractivity contribution < 1.29 is 14.6 Å². The van der Waals surface area contributed by atoms with Crippen molar-refractivity contribution in [2.24, 2.45) is 0 Å². The fourth-order valence-electron chi connectivity index (χ4n) is 2.46. The van der Waals surface area contributed by atoms with E-state index < -0.39 is 0 Å². The van der Waals surface area contributed by atoms with Crippen LogP contribution in [0.15, 0.2) is 12.2 Å². The van der Waals surface area contributed by atoms with E-state index in [0.29, 0.717) is 6.42 Å². The minimum absolute atomic E-state index is 0.101. The largest absolute Gasteiger partial charge is 0.469 e. The second kappa shape index (κ2) is 16.5. The van der Waals surface area contributed by atoms with E-state index in [4.69, 9.17) is 0 Å². The lowest BCUT2D eigenvalue weighted by molar-refractivity contribution is -0.140. The summed E-state index contributed by atoms with van der Waals surface area (Å²) in [6.07, 6.45) is 18.1. The Labute approximate surface area is 137 Å². The molecule has 0 unspecified atom stereocenters. The number of ether oxygens (including phenoxy) is 1. The lowest BCUT2D eigenvalue weighted by atomic mass is 10.1. The molecular weight excluding hydrogens is 276 g/mol. The Morgan fingerprint density at radius 2 is 1.68 bits per heavy atom. The van der Waals surface area contributed by atoms with Crippen molar-refractivity contribution in [3.05, 3.63) is 12.2 Å². The highest BCUT2D eigenvalue weighted by molar-refractivity contribution is 5.68. The normalized spacial score (nSPS) is 12.7. The number of hydrogen-bond donors (Lipinski definition) is 1. The topological polar surface area (TPSA) is 46.5 Å². The first kappa shape index (κ1) is 21.2. The van der Waals surface area contributed by atoms with Gasteiger partial charge in [-0.3, -0.25) is 4.79 Å². The zero-order valence-electron chi connectivity index (χ0n) is 14.7. The van der Waals surface area contributed by atoms with Gasteiger partial charge < -0.3 is 9.84 Å². The smallest absolute Gasteiger partial charge is 0.305 e. The molecule has 22 heavy (non-hydrogen) atoms. The van der Waals surface area contributed by atoms with Crippen LogP contribution in [-0.4, -0.2) is 24.3 Å². The molecular formula is C19H36O3. The Kier molecular flexibility index (Phi) is 15.9. The number of carbonyl (C=O) groups excluding carboxylic acids is 1. The van der Waals surface area contributed by atoms with Gasteiger partial charge in [0.2, 0.25) is 0 Å². The number of rotatable bonds is 15. The third-order valence-electron chi connectivity index (χ3n) is 3.95. The van der Waals surface area contributed by atoms with Crippen molar-refractivity contribution in [2.75, 3.05) is 7.11 Å². The van der Waals surface area contributed by atoms with E-state index in [0.717, 1.165) is 38.5 Å². The van der Waals surface area contributed by atoms with Crippen molar-refractivity contribution >= 4 is 5.97 Å². The van der Waals surface area contributed by atoms with Gasteiger partial charge in [-0.05, 0) is 32.1 Å². The van der Waals surface area contributed by atoms with Crippen LogP contribution in [0.3, 0.4) is 0 Å². The van der Waals surface area contributed by atoms with E-state index in [9.17, 15) is 9.90 Å². The molecule has 0 aromatic heterocycles. The molecule has 1 N–H and O–H groups in total. The predicted octanol–water partition coefficient (Wildman–Crippen LogP) is 5.17. The molecule has 0 bridgehead atoms. The van der Waals surface area contributed by atoms with Crippen LogP contribution in [0, 0.1) is 0 Å². The second-order valence-corrected chi connectivity index (χ2v) is 6.09. The molecule has 3 heteroatoms. The molecule has 0 aliphatic heterocycles. The quantitative estimate of drug-likeness (QED) is 0.258. The fourth-order valence-corrected chi connectivity index (χ4v) is 2.46. The van der Waals surface area contributed by atoms with Gasteiger partial charge in [0.25, 0.3) is 0 Å². The van der Waals surface area contributed by atoms with E-state index in [2.05, 4.69) is 23.8 Å². The van der Waals surface area contributed by atoms with Gasteiger partial charge in [-0.25, -0.2) is 0 Å². The number of hydrogen-bond acceptors (Lipinski definition) is 3. The monoisotopic (exact) mass is 312 g/mol. The Bertz CT molecular complexity index is 274. The Morgan fingerprint density at radius 1 is 1.00 bits per heavy atom. The first-order chi connectivity index (χ1) is 10.7. The molecule has 0 radical (unpaired) electrons. The van der Waals surface area contributed by atoms with Crippen LogP contribution in [0.1, 0.15) is 90.4 Å². The SMILES string of the molecule is CCCCCC[C@H](O)C/C=C/CCCCCCCC(=O)OC. The summed E-state index contributed by atoms with van der Waals surface area (Å²) in [5, 5.41) is 9.82. The number of allylic oxidation sites excluding steroid dienone is 1. The molecule has 0 saturated heterocycles. The molecule has 0 amide bonds. The Balaban J connectivity index is 3.28. The summed E-state index contributed by atoms with van der Waals surface area (Å²) in [6, 6.07) is 0. The Hall–Kier alpha value is -0.830. The fraction of sp³-hybridized carbons (Fsp3) is 0.842. The van der Waals surface area contributed by atoms with Crippen molar-refractivity contribution in [1.82, 2.24) is 0 Å². The van der Waals surface area contributed by atoms with Gasteiger partial charge in [0, 0.05) is 6.42 Å². The average Bonchev–Trinajstić information content (AvgIpc) is 2.53. The molecule has 0 aromatic rings. The number of aliphatic hydroxyl groups excluding tert-OH is 1. The minimum atomic E-state index is -0.161. The van der Waals surface area contributed by atoms with Crippen LogP contribution in [0.25, 0.3) is 0 Å². The summed E-state index contributed by atoms with van der Waals surface area (Å²) in [7, 11) is 1.44. The third kappa shape index (κ3) is 15.6. The second-order valence-electron chi connectivity index (χ2n) is 6.09. The zero-order chi connectivity index (χ0) is 16.5. The van der Waals surface area contributed by atoms with Crippen molar-refractivity contribution in [3.63, 3.8) is 0 Å². The highest BCUT2D eigenvalue weighted by atomic mass is 16.5. The van der Waals surface area contributed by atoms with Crippen molar-refractivity contribution in [3.8, 4) is 0 Å². The van der Waals surface area contributed by atoms with Gasteiger partial charge in [0.15, 0.2) is 0 Å². The summed E-state index contributed by atoms with van der Waals surface area (Å²) < 4.78 is 4.61. The summed E-state index contributed by atoms with van der Waals surface area (Å²) >= 11 is 0. The van der Waals surface area contributed by atoms with Crippen molar-refractivity contribution in [1.29, 1.82) is 0 Å². The standard InChI is InChI=1S/C19H36O3/c1-3-4-5-12-15-18(20)16-13-10-8-6-7-9-11-14-17-19(21)22-2/h10,13,18,20H,3-9,11-12,14-17H2,1-2H3/b13-10+/t18-/m0/s1. The van der Waals surface area contributed by atoms with Crippen LogP contribution < -0.4 is 0 Å². The van der Waals surface area contributed by atoms with Crippen LogP contribution >= 0.6 is 0 Å². The number of esters is 1. The van der Waals surface area contributed by atoms with Gasteiger partial charge >= 0.3 is 5.97 Å². The van der Waals surface area contributed by atoms with Gasteiger partial charge in [-0.2, -0.15) is 0 Å². The van der Waals surface area contributed by atoms with Crippen molar-refractivity contribution in [2.45, 2.75) is 96.5 Å². The number of carbonyl (C=O) groups is 1. The van der Waals surface area contributed by atoms with E-state index in [1.807, 2.05) is 0 Å². The minimum Gasteiger partial charge on any atom is -0.469 e. The van der Waals surface area contributed by atoms with Gasteiger partial charge in [-0.1, -0.05) is 64.0 Å². The van der Waals surface area contributed by atoms with E-state index in [1.54, 1.807) is 0 Å². The average molecular weight is 312 g/mol. The maximum Gasteiger partial charge on any atom is 0.305 e. The third-order valence-corrected chi connectivity index (χ3v) is 3.95. The maximum atomic E-state index is 10.9. The zero-order valence-corrected chi connectivity index (χ0v) is 14.7. The number of aliphatic hydroxyl groups is 1. The molecule has 0 aliphatic rings. The first-order valence-electron chi connectivity index (χ1n) is 9.10. The molecule has 0 spiro atoms. The lowest BCUT2D eigenvalue weighted by Crippen LogP contribution is -2.04. The van der Waals surface area contributed by atoms with E-state index in [1.165, 1.54) is 45.6 Å². The molecule has 0 fully saturated rings. The molecule has 0 saturated carbocycles. The summed E-state index contributed by atoms with van der Waals surface area (Å²) in [5.41, 5.74) is 0. The summed E-state index contributed by atoms with van der Waals surface area (Å²) in [5.74, 6) is -0.101. The molecule has 0 heterocycles. The molecule has 3 nitrogen and oxygen atoms in total. The molecule has 0 aromatic carbocycles. The molecule has 0 aliphatic carbocycles. The molecule has 1 atom stereocenters. The van der Waals surface area contributed by atoms with E-state index in [-0.39, 0.29) is 12.1 Å². The van der Waals surface area contributed by atoms with Crippen LogP contribution in [0.2, 0.25) is 0 Å². The predicted molar refractivity (Wildman–Crippen MR) is 92.9 cm³/mol. The molecule has 0 rings (SSSR count).